The van der Waals surface area contributed by atoms with Crippen molar-refractivity contribution in [1.29, 1.82) is 0 Å². The Hall–Kier alpha value is -0.160. The van der Waals surface area contributed by atoms with E-state index in [1.54, 1.807) is 6.07 Å². The molecule has 0 aromatic heterocycles. The average Bonchev–Trinajstić information content (AvgIpc) is 2.38. The lowest BCUT2D eigenvalue weighted by Gasteiger charge is -2.43. The first-order valence-electron chi connectivity index (χ1n) is 7.15. The molecule has 0 bridgehead atoms. The summed E-state index contributed by atoms with van der Waals surface area (Å²) in [6.07, 6.45) is 3.87. The van der Waals surface area contributed by atoms with Gasteiger partial charge in [0, 0.05) is 36.7 Å². The van der Waals surface area contributed by atoms with E-state index in [4.69, 9.17) is 0 Å². The van der Waals surface area contributed by atoms with Crippen LogP contribution in [0.25, 0.3) is 0 Å². The number of benzene rings is 1. The molecule has 1 saturated heterocycles. The summed E-state index contributed by atoms with van der Waals surface area (Å²) in [5.74, 6) is 0.564. The van der Waals surface area contributed by atoms with Crippen molar-refractivity contribution in [3.63, 3.8) is 0 Å². The van der Waals surface area contributed by atoms with E-state index in [1.807, 2.05) is 6.07 Å². The Balaban J connectivity index is 0.00000147. The normalized spacial score (nSPS) is 21.9. The van der Waals surface area contributed by atoms with E-state index in [-0.39, 0.29) is 18.2 Å². The first-order valence-corrected chi connectivity index (χ1v) is 7.95. The highest BCUT2D eigenvalue weighted by molar-refractivity contribution is 9.10. The van der Waals surface area contributed by atoms with Gasteiger partial charge in [-0.3, -0.25) is 4.90 Å². The third-order valence-electron chi connectivity index (χ3n) is 4.42. The van der Waals surface area contributed by atoms with Gasteiger partial charge in [0.25, 0.3) is 0 Å². The number of rotatable bonds is 3. The van der Waals surface area contributed by atoms with Crippen molar-refractivity contribution in [3.05, 3.63) is 34.1 Å². The van der Waals surface area contributed by atoms with Crippen molar-refractivity contribution < 1.29 is 4.39 Å². The van der Waals surface area contributed by atoms with Crippen LogP contribution in [0.4, 0.5) is 4.39 Å². The van der Waals surface area contributed by atoms with Crippen LogP contribution < -0.4 is 5.32 Å². The van der Waals surface area contributed by atoms with Gasteiger partial charge in [0.1, 0.15) is 5.82 Å². The van der Waals surface area contributed by atoms with Crippen LogP contribution in [0.15, 0.2) is 22.7 Å². The zero-order valence-corrected chi connectivity index (χ0v) is 13.9. The van der Waals surface area contributed by atoms with E-state index in [9.17, 15) is 4.39 Å². The van der Waals surface area contributed by atoms with Crippen molar-refractivity contribution >= 4 is 28.3 Å². The monoisotopic (exact) mass is 362 g/mol. The summed E-state index contributed by atoms with van der Waals surface area (Å²) in [5, 5.41) is 3.39. The van der Waals surface area contributed by atoms with Gasteiger partial charge in [0.2, 0.25) is 0 Å². The molecule has 0 spiro atoms. The van der Waals surface area contributed by atoms with Gasteiger partial charge in [-0.2, -0.15) is 0 Å². The molecule has 2 fully saturated rings. The molecule has 0 unspecified atom stereocenters. The fraction of sp³-hybridized carbons (Fsp3) is 0.600. The SMILES string of the molecule is Cl.Fc1ccc(Br)c([C@@H](C2CCC2)N2CCNCC2)c1. The molecule has 2 nitrogen and oxygen atoms in total. The fourth-order valence-corrected chi connectivity index (χ4v) is 3.69. The van der Waals surface area contributed by atoms with Crippen molar-refractivity contribution in [2.75, 3.05) is 26.2 Å². The number of nitrogens with one attached hydrogen (secondary N) is 1. The Morgan fingerprint density at radius 3 is 2.55 bits per heavy atom. The molecule has 0 amide bonds. The molecule has 1 heterocycles. The maximum atomic E-state index is 13.6. The Bertz CT molecular complexity index is 447. The Morgan fingerprint density at radius 1 is 1.25 bits per heavy atom. The van der Waals surface area contributed by atoms with Gasteiger partial charge >= 0.3 is 0 Å². The van der Waals surface area contributed by atoms with Crippen molar-refractivity contribution in [2.45, 2.75) is 25.3 Å². The third-order valence-corrected chi connectivity index (χ3v) is 5.14. The molecule has 20 heavy (non-hydrogen) atoms. The Morgan fingerprint density at radius 2 is 1.95 bits per heavy atom. The molecular weight excluding hydrogens is 343 g/mol. The fourth-order valence-electron chi connectivity index (χ4n) is 3.21. The first-order chi connectivity index (χ1) is 9.25. The quantitative estimate of drug-likeness (QED) is 0.880. The first kappa shape index (κ1) is 16.2. The van der Waals surface area contributed by atoms with Crippen LogP contribution in [0, 0.1) is 11.7 Å². The minimum atomic E-state index is -0.127. The third kappa shape index (κ3) is 3.35. The van der Waals surface area contributed by atoms with Crippen LogP contribution in [0.2, 0.25) is 0 Å². The van der Waals surface area contributed by atoms with Crippen LogP contribution in [-0.2, 0) is 0 Å². The minimum Gasteiger partial charge on any atom is -0.314 e. The molecule has 1 saturated carbocycles. The van der Waals surface area contributed by atoms with Crippen LogP contribution in [0.5, 0.6) is 0 Å². The summed E-state index contributed by atoms with van der Waals surface area (Å²) < 4.78 is 14.7. The summed E-state index contributed by atoms with van der Waals surface area (Å²) in [6.45, 7) is 4.19. The summed E-state index contributed by atoms with van der Waals surface area (Å²) in [4.78, 5) is 2.53. The van der Waals surface area contributed by atoms with Gasteiger partial charge in [0.15, 0.2) is 0 Å². The predicted octanol–water partition coefficient (Wildman–Crippen LogP) is 3.76. The molecule has 5 heteroatoms. The second-order valence-corrected chi connectivity index (χ2v) is 6.44. The van der Waals surface area contributed by atoms with Gasteiger partial charge in [0.05, 0.1) is 0 Å². The van der Waals surface area contributed by atoms with E-state index >= 15 is 0 Å². The van der Waals surface area contributed by atoms with E-state index in [0.717, 1.165) is 36.2 Å². The summed E-state index contributed by atoms with van der Waals surface area (Å²) in [5.41, 5.74) is 1.13. The van der Waals surface area contributed by atoms with Crippen LogP contribution in [0.3, 0.4) is 0 Å². The highest BCUT2D eigenvalue weighted by atomic mass is 79.9. The minimum absolute atomic E-state index is 0. The zero-order chi connectivity index (χ0) is 13.2. The van der Waals surface area contributed by atoms with Gasteiger partial charge in [-0.05, 0) is 42.5 Å². The summed E-state index contributed by atoms with van der Waals surface area (Å²) in [6, 6.07) is 5.47. The topological polar surface area (TPSA) is 15.3 Å². The molecule has 3 rings (SSSR count). The molecule has 2 aliphatic rings. The molecule has 0 radical (unpaired) electrons. The standard InChI is InChI=1S/C15H20BrFN2.ClH/c16-14-5-4-12(17)10-13(14)15(11-2-1-3-11)19-8-6-18-7-9-19;/h4-5,10-11,15,18H,1-3,6-9H2;1H/t15-;/m1./s1. The zero-order valence-electron chi connectivity index (χ0n) is 11.4. The maximum absolute atomic E-state index is 13.6. The van der Waals surface area contributed by atoms with Crippen molar-refractivity contribution in [3.8, 4) is 0 Å². The average molecular weight is 364 g/mol. The van der Waals surface area contributed by atoms with Crippen LogP contribution in [-0.4, -0.2) is 31.1 Å². The second kappa shape index (κ2) is 7.21. The smallest absolute Gasteiger partial charge is 0.123 e. The number of hydrogen-bond donors (Lipinski definition) is 1. The molecular formula is C15H21BrClFN2. The summed E-state index contributed by atoms with van der Waals surface area (Å²) >= 11 is 3.61. The number of nitrogens with zero attached hydrogens (tertiary/aromatic N) is 1. The van der Waals surface area contributed by atoms with Gasteiger partial charge < -0.3 is 5.32 Å². The molecule has 1 aliphatic carbocycles. The lowest BCUT2D eigenvalue weighted by atomic mass is 9.76. The van der Waals surface area contributed by atoms with E-state index in [1.165, 1.54) is 25.3 Å². The lowest BCUT2D eigenvalue weighted by Crippen LogP contribution is -2.48. The predicted molar refractivity (Wildman–Crippen MR) is 85.9 cm³/mol. The summed E-state index contributed by atoms with van der Waals surface area (Å²) in [7, 11) is 0. The van der Waals surface area contributed by atoms with E-state index in [0.29, 0.717) is 12.0 Å². The molecule has 1 N–H and O–H groups in total. The maximum Gasteiger partial charge on any atom is 0.123 e. The molecule has 1 aromatic rings. The van der Waals surface area contributed by atoms with Crippen LogP contribution in [0.1, 0.15) is 30.9 Å². The number of piperazine rings is 1. The molecule has 1 aromatic carbocycles. The number of hydrogen-bond acceptors (Lipinski definition) is 2. The number of halogens is 3. The highest BCUT2D eigenvalue weighted by Gasteiger charge is 2.34. The van der Waals surface area contributed by atoms with Gasteiger partial charge in [-0.1, -0.05) is 22.4 Å². The van der Waals surface area contributed by atoms with Crippen LogP contribution >= 0.6 is 28.3 Å². The van der Waals surface area contributed by atoms with E-state index < -0.39 is 0 Å². The largest absolute Gasteiger partial charge is 0.314 e. The molecule has 1 atom stereocenters. The Kier molecular flexibility index (Phi) is 5.84. The second-order valence-electron chi connectivity index (χ2n) is 5.59. The van der Waals surface area contributed by atoms with Crippen molar-refractivity contribution in [2.24, 2.45) is 5.92 Å². The molecule has 1 aliphatic heterocycles. The highest BCUT2D eigenvalue weighted by Crippen LogP contribution is 2.43. The lowest BCUT2D eigenvalue weighted by molar-refractivity contribution is 0.0830. The Labute approximate surface area is 134 Å². The van der Waals surface area contributed by atoms with E-state index in [2.05, 4.69) is 26.1 Å². The van der Waals surface area contributed by atoms with Gasteiger partial charge in [-0.25, -0.2) is 4.39 Å². The van der Waals surface area contributed by atoms with Crippen molar-refractivity contribution in [1.82, 2.24) is 10.2 Å². The van der Waals surface area contributed by atoms with Gasteiger partial charge in [-0.15, -0.1) is 12.4 Å². The molecule has 112 valence electrons.